The quantitative estimate of drug-likeness (QED) is 0.463. The number of hydrogen-bond acceptors (Lipinski definition) is 3. The van der Waals surface area contributed by atoms with Crippen molar-refractivity contribution in [1.29, 1.82) is 0 Å². The van der Waals surface area contributed by atoms with Crippen LogP contribution in [-0.2, 0) is 4.79 Å². The van der Waals surface area contributed by atoms with Crippen LogP contribution >= 0.6 is 39.9 Å². The molecular weight excluding hydrogens is 349 g/mol. The molecule has 98 valence electrons. The molecule has 6 heteroatoms. The molecule has 0 bridgehead atoms. The van der Waals surface area contributed by atoms with Gasteiger partial charge in [0.25, 0.3) is 5.91 Å². The summed E-state index contributed by atoms with van der Waals surface area (Å²) in [6, 6.07) is 4.57. The Labute approximate surface area is 128 Å². The molecule has 0 saturated carbocycles. The van der Waals surface area contributed by atoms with Gasteiger partial charge in [-0.05, 0) is 24.3 Å². The van der Waals surface area contributed by atoms with Crippen molar-refractivity contribution in [2.45, 2.75) is 0 Å². The molecule has 0 radical (unpaired) electrons. The summed E-state index contributed by atoms with van der Waals surface area (Å²) in [5.74, 6) is -0.591. The molecular formula is C13H9BrFNOS2. The van der Waals surface area contributed by atoms with Gasteiger partial charge in [0.2, 0.25) is 0 Å². The second-order valence-electron chi connectivity index (χ2n) is 3.75. The summed E-state index contributed by atoms with van der Waals surface area (Å²) in [5, 5.41) is 0. The lowest BCUT2D eigenvalue weighted by molar-refractivity contribution is -0.121. The van der Waals surface area contributed by atoms with Gasteiger partial charge in [-0.2, -0.15) is 0 Å². The van der Waals surface area contributed by atoms with Crippen LogP contribution in [-0.4, -0.2) is 21.7 Å². The fourth-order valence-electron chi connectivity index (χ4n) is 1.55. The fraction of sp³-hybridized carbons (Fsp3) is 0.0769. The third-order valence-corrected chi connectivity index (χ3v) is 4.30. The number of thioether (sulfide) groups is 1. The smallest absolute Gasteiger partial charge is 0.266 e. The number of halogens is 2. The molecule has 1 aliphatic rings. The summed E-state index contributed by atoms with van der Waals surface area (Å²) in [6.45, 7) is 3.94. The molecule has 1 aromatic rings. The molecule has 1 amide bonds. The number of amides is 1. The van der Waals surface area contributed by atoms with Crippen LogP contribution in [0.25, 0.3) is 6.08 Å². The number of carbonyl (C=O) groups is 1. The molecule has 0 aromatic heterocycles. The van der Waals surface area contributed by atoms with Gasteiger partial charge in [0.05, 0.1) is 4.91 Å². The van der Waals surface area contributed by atoms with Gasteiger partial charge in [-0.3, -0.25) is 9.69 Å². The third-order valence-electron chi connectivity index (χ3n) is 2.43. The van der Waals surface area contributed by atoms with Gasteiger partial charge in [-0.1, -0.05) is 46.0 Å². The Hall–Kier alpha value is -0.980. The van der Waals surface area contributed by atoms with Crippen molar-refractivity contribution >= 4 is 56.2 Å². The number of hydrogen-bond donors (Lipinski definition) is 0. The van der Waals surface area contributed by atoms with Crippen molar-refractivity contribution in [3.05, 3.63) is 51.6 Å². The normalized spacial score (nSPS) is 17.4. The zero-order chi connectivity index (χ0) is 14.0. The van der Waals surface area contributed by atoms with Crippen LogP contribution in [0.5, 0.6) is 0 Å². The van der Waals surface area contributed by atoms with Gasteiger partial charge in [-0.25, -0.2) is 4.39 Å². The number of rotatable bonds is 3. The van der Waals surface area contributed by atoms with E-state index in [1.807, 2.05) is 0 Å². The molecule has 19 heavy (non-hydrogen) atoms. The third kappa shape index (κ3) is 3.13. The zero-order valence-electron chi connectivity index (χ0n) is 9.73. The Morgan fingerprint density at radius 3 is 2.95 bits per heavy atom. The fourth-order valence-corrected chi connectivity index (χ4v) is 3.20. The van der Waals surface area contributed by atoms with E-state index in [2.05, 4.69) is 22.5 Å². The summed E-state index contributed by atoms with van der Waals surface area (Å²) >= 11 is 9.55. The summed E-state index contributed by atoms with van der Waals surface area (Å²) in [7, 11) is 0. The van der Waals surface area contributed by atoms with Gasteiger partial charge in [0.1, 0.15) is 10.1 Å². The van der Waals surface area contributed by atoms with Gasteiger partial charge in [0.15, 0.2) is 0 Å². The summed E-state index contributed by atoms with van der Waals surface area (Å²) in [4.78, 5) is 13.9. The van der Waals surface area contributed by atoms with Crippen LogP contribution in [0.15, 0.2) is 40.2 Å². The van der Waals surface area contributed by atoms with Gasteiger partial charge in [-0.15, -0.1) is 6.58 Å². The van der Waals surface area contributed by atoms with Crippen LogP contribution in [0.4, 0.5) is 4.39 Å². The average molecular weight is 358 g/mol. The van der Waals surface area contributed by atoms with Crippen molar-refractivity contribution < 1.29 is 9.18 Å². The van der Waals surface area contributed by atoms with E-state index < -0.39 is 0 Å². The van der Waals surface area contributed by atoms with E-state index in [-0.39, 0.29) is 11.7 Å². The Morgan fingerprint density at radius 1 is 1.53 bits per heavy atom. The summed E-state index contributed by atoms with van der Waals surface area (Å²) < 4.78 is 14.9. The maximum absolute atomic E-state index is 13.6. The Balaban J connectivity index is 2.34. The predicted molar refractivity (Wildman–Crippen MR) is 84.2 cm³/mol. The Bertz CT molecular complexity index is 600. The first-order valence-electron chi connectivity index (χ1n) is 5.34. The lowest BCUT2D eigenvalue weighted by Gasteiger charge is -2.10. The minimum Gasteiger partial charge on any atom is -0.289 e. The highest BCUT2D eigenvalue weighted by molar-refractivity contribution is 9.10. The van der Waals surface area contributed by atoms with E-state index in [1.54, 1.807) is 18.2 Å². The zero-order valence-corrected chi connectivity index (χ0v) is 12.9. The summed E-state index contributed by atoms with van der Waals surface area (Å²) in [6.07, 6.45) is 3.12. The lowest BCUT2D eigenvalue weighted by Crippen LogP contribution is -2.27. The van der Waals surface area contributed by atoms with Crippen molar-refractivity contribution in [3.8, 4) is 0 Å². The molecule has 1 heterocycles. The molecule has 2 rings (SSSR count). The average Bonchev–Trinajstić information content (AvgIpc) is 2.62. The second-order valence-corrected chi connectivity index (χ2v) is 6.34. The first-order valence-corrected chi connectivity index (χ1v) is 7.36. The molecule has 1 aliphatic heterocycles. The van der Waals surface area contributed by atoms with E-state index in [0.717, 1.165) is 4.47 Å². The lowest BCUT2D eigenvalue weighted by atomic mass is 10.2. The van der Waals surface area contributed by atoms with E-state index in [4.69, 9.17) is 12.2 Å². The topological polar surface area (TPSA) is 20.3 Å². The highest BCUT2D eigenvalue weighted by Crippen LogP contribution is 2.33. The van der Waals surface area contributed by atoms with E-state index in [9.17, 15) is 9.18 Å². The van der Waals surface area contributed by atoms with E-state index >= 15 is 0 Å². The Kier molecular flexibility index (Phi) is 4.54. The van der Waals surface area contributed by atoms with Crippen LogP contribution in [0.2, 0.25) is 0 Å². The van der Waals surface area contributed by atoms with Gasteiger partial charge < -0.3 is 0 Å². The monoisotopic (exact) mass is 357 g/mol. The largest absolute Gasteiger partial charge is 0.289 e. The molecule has 0 atom stereocenters. The molecule has 0 unspecified atom stereocenters. The van der Waals surface area contributed by atoms with Crippen molar-refractivity contribution in [1.82, 2.24) is 4.90 Å². The minimum atomic E-state index is -0.378. The summed E-state index contributed by atoms with van der Waals surface area (Å²) in [5.41, 5.74) is 0.355. The maximum atomic E-state index is 13.6. The minimum absolute atomic E-state index is 0.214. The first-order chi connectivity index (χ1) is 9.02. The maximum Gasteiger partial charge on any atom is 0.266 e. The number of thiocarbonyl (C=S) groups is 1. The highest BCUT2D eigenvalue weighted by atomic mass is 79.9. The first kappa shape index (κ1) is 14.4. The molecule has 0 N–H and O–H groups in total. The number of nitrogens with zero attached hydrogens (tertiary/aromatic N) is 1. The number of benzene rings is 1. The molecule has 1 aromatic carbocycles. The molecule has 1 fully saturated rings. The van der Waals surface area contributed by atoms with Crippen LogP contribution in [0.1, 0.15) is 5.56 Å². The number of carbonyl (C=O) groups excluding carboxylic acids is 1. The van der Waals surface area contributed by atoms with Crippen LogP contribution < -0.4 is 0 Å². The Morgan fingerprint density at radius 2 is 2.26 bits per heavy atom. The van der Waals surface area contributed by atoms with E-state index in [0.29, 0.717) is 21.3 Å². The molecule has 0 aliphatic carbocycles. The predicted octanol–water partition coefficient (Wildman–Crippen LogP) is 3.98. The highest BCUT2D eigenvalue weighted by Gasteiger charge is 2.31. The standard InChI is InChI=1S/C13H9BrFNOS2/c1-2-5-16-12(17)11(19-13(16)18)7-8-6-9(14)3-4-10(8)15/h2-4,6-7H,1,5H2/b11-7+. The molecule has 1 saturated heterocycles. The van der Waals surface area contributed by atoms with Crippen LogP contribution in [0, 0.1) is 5.82 Å². The molecule has 2 nitrogen and oxygen atoms in total. The van der Waals surface area contributed by atoms with Gasteiger partial charge >= 0.3 is 0 Å². The van der Waals surface area contributed by atoms with Crippen molar-refractivity contribution in [2.75, 3.05) is 6.54 Å². The van der Waals surface area contributed by atoms with Gasteiger partial charge in [0, 0.05) is 16.6 Å². The SMILES string of the molecule is C=CCN1C(=O)/C(=C\c2cc(Br)ccc2F)SC1=S. The van der Waals surface area contributed by atoms with Crippen LogP contribution in [0.3, 0.4) is 0 Å². The van der Waals surface area contributed by atoms with Crippen molar-refractivity contribution in [2.24, 2.45) is 0 Å². The molecule has 0 spiro atoms. The van der Waals surface area contributed by atoms with E-state index in [1.165, 1.54) is 28.8 Å². The van der Waals surface area contributed by atoms with Crippen molar-refractivity contribution in [3.63, 3.8) is 0 Å². The second kappa shape index (κ2) is 5.98.